The zero-order valence-corrected chi connectivity index (χ0v) is 14.6. The number of aromatic nitrogens is 1. The van der Waals surface area contributed by atoms with E-state index in [1.807, 2.05) is 0 Å². The van der Waals surface area contributed by atoms with E-state index in [2.05, 4.69) is 39.5 Å². The lowest BCUT2D eigenvalue weighted by Gasteiger charge is -2.19. The van der Waals surface area contributed by atoms with Crippen molar-refractivity contribution in [2.75, 3.05) is 18.4 Å². The molecule has 1 amide bonds. The number of pyridine rings is 1. The van der Waals surface area contributed by atoms with Crippen LogP contribution in [0.25, 0.3) is 0 Å². The summed E-state index contributed by atoms with van der Waals surface area (Å²) in [7, 11) is 0. The van der Waals surface area contributed by atoms with Crippen molar-refractivity contribution in [2.24, 2.45) is 5.73 Å². The van der Waals surface area contributed by atoms with E-state index in [-0.39, 0.29) is 0 Å². The fraction of sp³-hybridized carbons (Fsp3) is 0.400. The van der Waals surface area contributed by atoms with Crippen LogP contribution in [0.5, 0.6) is 0 Å². The van der Waals surface area contributed by atoms with Crippen LogP contribution in [-0.2, 0) is 13.1 Å². The molecule has 0 bridgehead atoms. The largest absolute Gasteiger partial charge is 0.380 e. The normalized spacial score (nSPS) is 15.5. The first-order chi connectivity index (χ1) is 12.2. The van der Waals surface area contributed by atoms with Crippen molar-refractivity contribution in [1.82, 2.24) is 9.88 Å². The number of nitrogens with one attached hydrogen (secondary N) is 1. The quantitative estimate of drug-likeness (QED) is 0.849. The number of carbonyl (C=O) groups is 1. The molecule has 0 radical (unpaired) electrons. The molecule has 2 aromatic rings. The monoisotopic (exact) mass is 338 g/mol. The van der Waals surface area contributed by atoms with Crippen LogP contribution in [-0.4, -0.2) is 28.9 Å². The van der Waals surface area contributed by atoms with Crippen LogP contribution >= 0.6 is 0 Å². The van der Waals surface area contributed by atoms with Gasteiger partial charge in [-0.2, -0.15) is 0 Å². The number of benzene rings is 1. The van der Waals surface area contributed by atoms with Crippen molar-refractivity contribution in [3.63, 3.8) is 0 Å². The zero-order valence-electron chi connectivity index (χ0n) is 14.6. The van der Waals surface area contributed by atoms with Crippen LogP contribution in [0, 0.1) is 0 Å². The Morgan fingerprint density at radius 2 is 1.72 bits per heavy atom. The maximum Gasteiger partial charge on any atom is 0.252 e. The molecule has 3 rings (SSSR count). The van der Waals surface area contributed by atoms with Crippen LogP contribution in [0.1, 0.15) is 47.2 Å². The van der Waals surface area contributed by atoms with Crippen molar-refractivity contribution in [3.05, 3.63) is 59.4 Å². The summed E-state index contributed by atoms with van der Waals surface area (Å²) in [5.41, 5.74) is 9.04. The highest BCUT2D eigenvalue weighted by Gasteiger charge is 2.10. The molecule has 1 saturated heterocycles. The molecule has 132 valence electrons. The Morgan fingerprint density at radius 1 is 1.04 bits per heavy atom. The molecule has 1 aliphatic heterocycles. The molecule has 0 unspecified atom stereocenters. The molecule has 0 atom stereocenters. The zero-order chi connectivity index (χ0) is 17.5. The predicted molar refractivity (Wildman–Crippen MR) is 100 cm³/mol. The first-order valence-electron chi connectivity index (χ1n) is 9.00. The second-order valence-electron chi connectivity index (χ2n) is 6.65. The number of nitrogens with two attached hydrogens (primary N) is 1. The van der Waals surface area contributed by atoms with Gasteiger partial charge in [0.05, 0.1) is 11.3 Å². The lowest BCUT2D eigenvalue weighted by atomic mass is 10.1. The molecule has 3 N–H and O–H groups in total. The molecule has 0 saturated carbocycles. The molecular weight excluding hydrogens is 312 g/mol. The van der Waals surface area contributed by atoms with Crippen LogP contribution in [0.4, 0.5) is 5.69 Å². The van der Waals surface area contributed by atoms with Gasteiger partial charge in [-0.1, -0.05) is 37.1 Å². The van der Waals surface area contributed by atoms with E-state index in [0.717, 1.165) is 12.2 Å². The molecule has 0 spiro atoms. The molecule has 0 aliphatic carbocycles. The van der Waals surface area contributed by atoms with Crippen molar-refractivity contribution < 1.29 is 4.79 Å². The molecule has 5 nitrogen and oxygen atoms in total. The summed E-state index contributed by atoms with van der Waals surface area (Å²) in [5, 5.41) is 3.27. The van der Waals surface area contributed by atoms with Gasteiger partial charge in [-0.05, 0) is 43.1 Å². The first-order valence-corrected chi connectivity index (χ1v) is 9.00. The second-order valence-corrected chi connectivity index (χ2v) is 6.65. The van der Waals surface area contributed by atoms with Gasteiger partial charge >= 0.3 is 0 Å². The molecule has 1 aromatic carbocycles. The maximum absolute atomic E-state index is 11.4. The minimum Gasteiger partial charge on any atom is -0.380 e. The number of likely N-dealkylation sites (tertiary alicyclic amines) is 1. The average molecular weight is 338 g/mol. The van der Waals surface area contributed by atoms with Crippen molar-refractivity contribution in [3.8, 4) is 0 Å². The Balaban J connectivity index is 1.57. The lowest BCUT2D eigenvalue weighted by Crippen LogP contribution is -2.23. The van der Waals surface area contributed by atoms with Gasteiger partial charge in [-0.3, -0.25) is 14.7 Å². The Kier molecular flexibility index (Phi) is 6.01. The third-order valence-electron chi connectivity index (χ3n) is 4.70. The highest BCUT2D eigenvalue weighted by atomic mass is 16.1. The standard InChI is InChI=1S/C20H26N4O/c21-20(25)18-14-22-10-9-19(18)23-13-16-5-7-17(8-6-16)15-24-11-3-1-2-4-12-24/h5-10,14H,1-4,11-13,15H2,(H2,21,25)(H,22,23). The number of rotatable bonds is 6. The van der Waals surface area contributed by atoms with Crippen LogP contribution < -0.4 is 11.1 Å². The summed E-state index contributed by atoms with van der Waals surface area (Å²) in [5.74, 6) is -0.469. The SMILES string of the molecule is NC(=O)c1cnccc1NCc1ccc(CN2CCCCCC2)cc1. The van der Waals surface area contributed by atoms with E-state index in [0.29, 0.717) is 12.1 Å². The van der Waals surface area contributed by atoms with Crippen molar-refractivity contribution >= 4 is 11.6 Å². The Labute approximate surface area is 149 Å². The fourth-order valence-corrected chi connectivity index (χ4v) is 3.26. The minimum absolute atomic E-state index is 0.417. The minimum atomic E-state index is -0.469. The van der Waals surface area contributed by atoms with Gasteiger partial charge in [0.25, 0.3) is 5.91 Å². The summed E-state index contributed by atoms with van der Waals surface area (Å²) in [4.78, 5) is 17.9. The van der Waals surface area contributed by atoms with Gasteiger partial charge in [0, 0.05) is 25.5 Å². The predicted octanol–water partition coefficient (Wildman–Crippen LogP) is 3.17. The number of hydrogen-bond donors (Lipinski definition) is 2. The molecule has 5 heteroatoms. The highest BCUT2D eigenvalue weighted by Crippen LogP contribution is 2.16. The second kappa shape index (κ2) is 8.62. The van der Waals surface area contributed by atoms with E-state index < -0.39 is 5.91 Å². The molecule has 1 aromatic heterocycles. The maximum atomic E-state index is 11.4. The van der Waals surface area contributed by atoms with Crippen LogP contribution in [0.2, 0.25) is 0 Å². The number of primary amides is 1. The number of nitrogens with zero attached hydrogens (tertiary/aromatic N) is 2. The Bertz CT molecular complexity index is 691. The number of anilines is 1. The molecule has 1 fully saturated rings. The molecule has 2 heterocycles. The smallest absolute Gasteiger partial charge is 0.252 e. The highest BCUT2D eigenvalue weighted by molar-refractivity contribution is 5.98. The number of amides is 1. The third kappa shape index (κ3) is 5.03. The van der Waals surface area contributed by atoms with Gasteiger partial charge < -0.3 is 11.1 Å². The van der Waals surface area contributed by atoms with E-state index in [4.69, 9.17) is 5.73 Å². The van der Waals surface area contributed by atoms with Crippen molar-refractivity contribution in [1.29, 1.82) is 0 Å². The molecule has 25 heavy (non-hydrogen) atoms. The summed E-state index contributed by atoms with van der Waals surface area (Å²) in [6.07, 6.45) is 8.51. The number of carbonyl (C=O) groups excluding carboxylic acids is 1. The van der Waals surface area contributed by atoms with Crippen molar-refractivity contribution in [2.45, 2.75) is 38.8 Å². The van der Waals surface area contributed by atoms with Gasteiger partial charge in [-0.15, -0.1) is 0 Å². The van der Waals surface area contributed by atoms with Crippen LogP contribution in [0.15, 0.2) is 42.7 Å². The first kappa shape index (κ1) is 17.4. The molecular formula is C20H26N4O. The third-order valence-corrected chi connectivity index (χ3v) is 4.70. The van der Waals surface area contributed by atoms with E-state index >= 15 is 0 Å². The Hall–Kier alpha value is -2.40. The summed E-state index contributed by atoms with van der Waals surface area (Å²) in [6, 6.07) is 10.5. The van der Waals surface area contributed by atoms with E-state index in [1.165, 1.54) is 56.1 Å². The van der Waals surface area contributed by atoms with Gasteiger partial charge in [0.1, 0.15) is 0 Å². The Morgan fingerprint density at radius 3 is 2.40 bits per heavy atom. The number of hydrogen-bond acceptors (Lipinski definition) is 4. The van der Waals surface area contributed by atoms with Crippen LogP contribution in [0.3, 0.4) is 0 Å². The molecule has 1 aliphatic rings. The lowest BCUT2D eigenvalue weighted by molar-refractivity contribution is 0.100. The van der Waals surface area contributed by atoms with E-state index in [9.17, 15) is 4.79 Å². The summed E-state index contributed by atoms with van der Waals surface area (Å²) in [6.45, 7) is 4.10. The average Bonchev–Trinajstić information content (AvgIpc) is 2.90. The van der Waals surface area contributed by atoms with Gasteiger partial charge in [0.15, 0.2) is 0 Å². The van der Waals surface area contributed by atoms with Gasteiger partial charge in [0.2, 0.25) is 0 Å². The summed E-state index contributed by atoms with van der Waals surface area (Å²) >= 11 is 0. The summed E-state index contributed by atoms with van der Waals surface area (Å²) < 4.78 is 0. The van der Waals surface area contributed by atoms with E-state index in [1.54, 1.807) is 12.3 Å². The fourth-order valence-electron chi connectivity index (χ4n) is 3.26. The van der Waals surface area contributed by atoms with Gasteiger partial charge in [-0.25, -0.2) is 0 Å². The topological polar surface area (TPSA) is 71.2 Å².